The van der Waals surface area contributed by atoms with Crippen molar-refractivity contribution in [3.05, 3.63) is 47.7 Å². The summed E-state index contributed by atoms with van der Waals surface area (Å²) >= 11 is 0. The van der Waals surface area contributed by atoms with E-state index in [1.165, 1.54) is 22.2 Å². The highest BCUT2D eigenvalue weighted by molar-refractivity contribution is 5.85. The minimum absolute atomic E-state index is 0.786. The second-order valence-electron chi connectivity index (χ2n) is 4.65. The van der Waals surface area contributed by atoms with Crippen LogP contribution in [0.1, 0.15) is 17.1 Å². The summed E-state index contributed by atoms with van der Waals surface area (Å²) in [5.74, 6) is 0.872. The van der Waals surface area contributed by atoms with Gasteiger partial charge in [-0.05, 0) is 18.6 Å². The molecule has 0 bridgehead atoms. The van der Waals surface area contributed by atoms with Crippen LogP contribution in [0.5, 0.6) is 0 Å². The Morgan fingerprint density at radius 2 is 1.94 bits per heavy atom. The molecule has 0 saturated carbocycles. The first-order valence-electron chi connectivity index (χ1n) is 6.04. The number of benzene rings is 1. The molecule has 0 amide bonds. The third-order valence-electron chi connectivity index (χ3n) is 3.51. The molecule has 0 radical (unpaired) electrons. The number of nitrogens with zero attached hydrogens (tertiary/aromatic N) is 4. The van der Waals surface area contributed by atoms with Crippen molar-refractivity contribution in [2.75, 3.05) is 0 Å². The molecule has 0 aliphatic rings. The van der Waals surface area contributed by atoms with Gasteiger partial charge in [0.15, 0.2) is 5.82 Å². The molecule has 0 unspecified atom stereocenters. The molecule has 4 nitrogen and oxygen atoms in total. The van der Waals surface area contributed by atoms with Crippen molar-refractivity contribution in [1.29, 1.82) is 0 Å². The molecular formula is C14H16N4. The van der Waals surface area contributed by atoms with Crippen molar-refractivity contribution >= 4 is 10.9 Å². The highest BCUT2D eigenvalue weighted by Gasteiger charge is 2.13. The van der Waals surface area contributed by atoms with E-state index >= 15 is 0 Å². The molecule has 0 N–H and O–H groups in total. The van der Waals surface area contributed by atoms with Crippen LogP contribution in [-0.4, -0.2) is 19.3 Å². The third-order valence-corrected chi connectivity index (χ3v) is 3.51. The van der Waals surface area contributed by atoms with Crippen molar-refractivity contribution in [3.8, 4) is 0 Å². The first kappa shape index (κ1) is 11.0. The largest absolute Gasteiger partial charge is 0.348 e. The number of aryl methyl sites for hydroxylation is 2. The predicted octanol–water partition coefficient (Wildman–Crippen LogP) is 2.21. The van der Waals surface area contributed by atoms with Crippen molar-refractivity contribution in [3.63, 3.8) is 0 Å². The molecule has 0 aliphatic carbocycles. The summed E-state index contributed by atoms with van der Waals surface area (Å²) in [7, 11) is 4.00. The fourth-order valence-electron chi connectivity index (χ4n) is 2.45. The Hall–Kier alpha value is -2.10. The highest BCUT2D eigenvalue weighted by atomic mass is 15.3. The number of hydrogen-bond donors (Lipinski definition) is 0. The molecular weight excluding hydrogens is 224 g/mol. The van der Waals surface area contributed by atoms with E-state index in [0.717, 1.165) is 12.2 Å². The van der Waals surface area contributed by atoms with E-state index in [-0.39, 0.29) is 0 Å². The summed E-state index contributed by atoms with van der Waals surface area (Å²) in [6, 6.07) is 8.47. The van der Waals surface area contributed by atoms with Gasteiger partial charge in [-0.1, -0.05) is 18.2 Å². The summed E-state index contributed by atoms with van der Waals surface area (Å²) < 4.78 is 3.98. The van der Waals surface area contributed by atoms with E-state index in [1.54, 1.807) is 11.0 Å². The molecule has 3 rings (SSSR count). The van der Waals surface area contributed by atoms with Crippen LogP contribution >= 0.6 is 0 Å². The maximum Gasteiger partial charge on any atom is 0.155 e. The topological polar surface area (TPSA) is 35.6 Å². The minimum Gasteiger partial charge on any atom is -0.348 e. The average Bonchev–Trinajstić information content (AvgIpc) is 2.88. The van der Waals surface area contributed by atoms with Gasteiger partial charge in [-0.15, -0.1) is 0 Å². The molecule has 1 aromatic carbocycles. The van der Waals surface area contributed by atoms with Crippen LogP contribution in [0, 0.1) is 6.92 Å². The van der Waals surface area contributed by atoms with E-state index in [0.29, 0.717) is 0 Å². The first-order valence-corrected chi connectivity index (χ1v) is 6.04. The standard InChI is InChI=1S/C14H16N4/c1-10-12(8-14-15-9-17(2)16-14)11-6-4-5-7-13(11)18(10)3/h4-7,9H,8H2,1-3H3. The van der Waals surface area contributed by atoms with E-state index in [1.807, 2.05) is 7.05 Å². The zero-order valence-electron chi connectivity index (χ0n) is 10.9. The monoisotopic (exact) mass is 240 g/mol. The minimum atomic E-state index is 0.786. The summed E-state index contributed by atoms with van der Waals surface area (Å²) in [4.78, 5) is 4.31. The van der Waals surface area contributed by atoms with Crippen molar-refractivity contribution < 1.29 is 0 Å². The van der Waals surface area contributed by atoms with Gasteiger partial charge in [0.2, 0.25) is 0 Å². The normalized spacial score (nSPS) is 11.3. The van der Waals surface area contributed by atoms with Gasteiger partial charge in [-0.25, -0.2) is 4.98 Å². The lowest BCUT2D eigenvalue weighted by Crippen LogP contribution is -1.96. The van der Waals surface area contributed by atoms with Crippen LogP contribution in [0.3, 0.4) is 0 Å². The molecule has 0 aliphatic heterocycles. The Labute approximate surface area is 106 Å². The molecule has 0 atom stereocenters. The van der Waals surface area contributed by atoms with Gasteiger partial charge in [0, 0.05) is 37.1 Å². The van der Waals surface area contributed by atoms with Gasteiger partial charge in [-0.3, -0.25) is 4.68 Å². The van der Waals surface area contributed by atoms with Crippen LogP contribution in [0.4, 0.5) is 0 Å². The lowest BCUT2D eigenvalue weighted by atomic mass is 10.1. The fraction of sp³-hybridized carbons (Fsp3) is 0.286. The first-order chi connectivity index (χ1) is 8.66. The molecule has 0 spiro atoms. The van der Waals surface area contributed by atoms with Crippen molar-refractivity contribution in [2.45, 2.75) is 13.3 Å². The van der Waals surface area contributed by atoms with Gasteiger partial charge < -0.3 is 4.57 Å². The van der Waals surface area contributed by atoms with Gasteiger partial charge in [0.1, 0.15) is 6.33 Å². The summed E-state index contributed by atoms with van der Waals surface area (Å²) in [6.07, 6.45) is 2.53. The lowest BCUT2D eigenvalue weighted by Gasteiger charge is -1.99. The average molecular weight is 240 g/mol. The third kappa shape index (κ3) is 1.61. The van der Waals surface area contributed by atoms with Crippen LogP contribution < -0.4 is 0 Å². The maximum atomic E-state index is 4.36. The van der Waals surface area contributed by atoms with Gasteiger partial charge in [-0.2, -0.15) is 5.10 Å². The van der Waals surface area contributed by atoms with E-state index in [9.17, 15) is 0 Å². The summed E-state index contributed by atoms with van der Waals surface area (Å²) in [5.41, 5.74) is 3.86. The molecule has 4 heteroatoms. The molecule has 0 fully saturated rings. The lowest BCUT2D eigenvalue weighted by molar-refractivity contribution is 0.748. The zero-order valence-corrected chi connectivity index (χ0v) is 10.9. The second-order valence-corrected chi connectivity index (χ2v) is 4.65. The van der Waals surface area contributed by atoms with Crippen LogP contribution in [0.2, 0.25) is 0 Å². The maximum absolute atomic E-state index is 4.36. The molecule has 3 aromatic rings. The van der Waals surface area contributed by atoms with Gasteiger partial charge in [0.25, 0.3) is 0 Å². The summed E-state index contributed by atoms with van der Waals surface area (Å²) in [5, 5.41) is 5.66. The predicted molar refractivity (Wildman–Crippen MR) is 71.5 cm³/mol. The Morgan fingerprint density at radius 1 is 1.17 bits per heavy atom. The van der Waals surface area contributed by atoms with E-state index in [2.05, 4.69) is 52.9 Å². The Bertz CT molecular complexity index is 706. The zero-order chi connectivity index (χ0) is 12.7. The van der Waals surface area contributed by atoms with E-state index < -0.39 is 0 Å². The van der Waals surface area contributed by atoms with Crippen molar-refractivity contribution in [2.24, 2.45) is 14.1 Å². The number of fused-ring (bicyclic) bond motifs is 1. The summed E-state index contributed by atoms with van der Waals surface area (Å²) in [6.45, 7) is 2.15. The molecule has 92 valence electrons. The van der Waals surface area contributed by atoms with Crippen molar-refractivity contribution in [1.82, 2.24) is 19.3 Å². The SMILES string of the molecule is Cc1c(Cc2ncn(C)n2)c2ccccc2n1C. The second kappa shape index (κ2) is 3.98. The van der Waals surface area contributed by atoms with E-state index in [4.69, 9.17) is 0 Å². The number of para-hydroxylation sites is 1. The van der Waals surface area contributed by atoms with Gasteiger partial charge in [0.05, 0.1) is 0 Å². The molecule has 2 heterocycles. The number of hydrogen-bond acceptors (Lipinski definition) is 2. The number of aromatic nitrogens is 4. The fourth-order valence-corrected chi connectivity index (χ4v) is 2.45. The Kier molecular flexibility index (Phi) is 2.44. The quantitative estimate of drug-likeness (QED) is 0.688. The Morgan fingerprint density at radius 3 is 2.67 bits per heavy atom. The van der Waals surface area contributed by atoms with Crippen LogP contribution in [-0.2, 0) is 20.5 Å². The van der Waals surface area contributed by atoms with Gasteiger partial charge >= 0.3 is 0 Å². The molecule has 0 saturated heterocycles. The molecule has 18 heavy (non-hydrogen) atoms. The smallest absolute Gasteiger partial charge is 0.155 e. The number of rotatable bonds is 2. The highest BCUT2D eigenvalue weighted by Crippen LogP contribution is 2.26. The van der Waals surface area contributed by atoms with Crippen LogP contribution in [0.25, 0.3) is 10.9 Å². The van der Waals surface area contributed by atoms with Crippen LogP contribution in [0.15, 0.2) is 30.6 Å². The molecule has 2 aromatic heterocycles. The Balaban J connectivity index is 2.14.